The van der Waals surface area contributed by atoms with Crippen molar-refractivity contribution in [3.8, 4) is 0 Å². The van der Waals surface area contributed by atoms with E-state index >= 15 is 0 Å². The van der Waals surface area contributed by atoms with E-state index in [0.29, 0.717) is 19.4 Å². The van der Waals surface area contributed by atoms with E-state index in [1.807, 2.05) is 30.3 Å². The maximum absolute atomic E-state index is 12.9. The van der Waals surface area contributed by atoms with Gasteiger partial charge in [0.05, 0.1) is 6.04 Å². The molecule has 0 fully saturated rings. The van der Waals surface area contributed by atoms with Gasteiger partial charge in [0.15, 0.2) is 0 Å². The standard InChI is InChI=1S/C22H34N6O6/c23-11-5-4-8-16(21(33)26-13-19(30)31)28-22(34)17(9-10-18(25)29)27-20(32)15(24)12-14-6-2-1-3-7-14/h1-3,6-7,15-17H,4-5,8-13,23-24H2,(H2,25,29)(H,26,33)(H,27,32)(H,28,34)(H,30,31). The van der Waals surface area contributed by atoms with E-state index in [4.69, 9.17) is 22.3 Å². The van der Waals surface area contributed by atoms with Gasteiger partial charge in [0.1, 0.15) is 18.6 Å². The van der Waals surface area contributed by atoms with Gasteiger partial charge in [0, 0.05) is 6.42 Å². The molecule has 0 bridgehead atoms. The van der Waals surface area contributed by atoms with Crippen molar-refractivity contribution in [2.24, 2.45) is 17.2 Å². The lowest BCUT2D eigenvalue weighted by Gasteiger charge is -2.24. The summed E-state index contributed by atoms with van der Waals surface area (Å²) < 4.78 is 0. The summed E-state index contributed by atoms with van der Waals surface area (Å²) >= 11 is 0. The highest BCUT2D eigenvalue weighted by atomic mass is 16.4. The number of amides is 4. The highest BCUT2D eigenvalue weighted by molar-refractivity contribution is 5.94. The lowest BCUT2D eigenvalue weighted by Crippen LogP contribution is -2.56. The van der Waals surface area contributed by atoms with Crippen LogP contribution < -0.4 is 33.2 Å². The van der Waals surface area contributed by atoms with Gasteiger partial charge in [-0.05, 0) is 44.2 Å². The fraction of sp³-hybridized carbons (Fsp3) is 0.500. The second kappa shape index (κ2) is 15.3. The fourth-order valence-corrected chi connectivity index (χ4v) is 3.11. The van der Waals surface area contributed by atoms with Crippen molar-refractivity contribution < 1.29 is 29.1 Å². The van der Waals surface area contributed by atoms with E-state index in [-0.39, 0.29) is 25.7 Å². The van der Waals surface area contributed by atoms with Gasteiger partial charge in [0.2, 0.25) is 23.6 Å². The third-order valence-electron chi connectivity index (χ3n) is 4.94. The molecule has 0 aliphatic heterocycles. The third kappa shape index (κ3) is 11.4. The minimum atomic E-state index is -1.24. The minimum absolute atomic E-state index is 0.1000. The highest BCUT2D eigenvalue weighted by Crippen LogP contribution is 2.06. The maximum atomic E-state index is 12.9. The molecular weight excluding hydrogens is 444 g/mol. The molecule has 188 valence electrons. The van der Waals surface area contributed by atoms with Crippen LogP contribution in [0.3, 0.4) is 0 Å². The number of hydrogen-bond donors (Lipinski definition) is 7. The van der Waals surface area contributed by atoms with Gasteiger partial charge in [-0.25, -0.2) is 0 Å². The molecule has 1 aromatic carbocycles. The van der Waals surface area contributed by atoms with Crippen LogP contribution in [0.25, 0.3) is 0 Å². The summed E-state index contributed by atoms with van der Waals surface area (Å²) in [6.07, 6.45) is 1.25. The molecule has 0 aromatic heterocycles. The monoisotopic (exact) mass is 478 g/mol. The lowest BCUT2D eigenvalue weighted by atomic mass is 10.0. The van der Waals surface area contributed by atoms with Crippen molar-refractivity contribution in [3.63, 3.8) is 0 Å². The number of nitrogens with one attached hydrogen (secondary N) is 3. The highest BCUT2D eigenvalue weighted by Gasteiger charge is 2.28. The molecular formula is C22H34N6O6. The summed E-state index contributed by atoms with van der Waals surface area (Å²) in [5.74, 6) is -3.92. The number of aliphatic carboxylic acids is 1. The molecule has 3 atom stereocenters. The van der Waals surface area contributed by atoms with Gasteiger partial charge in [-0.3, -0.25) is 24.0 Å². The van der Waals surface area contributed by atoms with E-state index < -0.39 is 54.3 Å². The zero-order chi connectivity index (χ0) is 25.5. The average Bonchev–Trinajstić information content (AvgIpc) is 2.79. The molecule has 3 unspecified atom stereocenters. The summed E-state index contributed by atoms with van der Waals surface area (Å²) in [7, 11) is 0. The maximum Gasteiger partial charge on any atom is 0.322 e. The number of nitrogens with two attached hydrogens (primary N) is 3. The predicted molar refractivity (Wildman–Crippen MR) is 124 cm³/mol. The van der Waals surface area contributed by atoms with Crippen molar-refractivity contribution in [2.45, 2.75) is 56.7 Å². The van der Waals surface area contributed by atoms with Crippen molar-refractivity contribution in [1.82, 2.24) is 16.0 Å². The lowest BCUT2D eigenvalue weighted by molar-refractivity contribution is -0.138. The number of hydrogen-bond acceptors (Lipinski definition) is 7. The molecule has 0 saturated heterocycles. The smallest absolute Gasteiger partial charge is 0.322 e. The number of carboxylic acid groups (broad SMARTS) is 1. The average molecular weight is 479 g/mol. The number of carboxylic acids is 1. The van der Waals surface area contributed by atoms with Crippen LogP contribution in [0.1, 0.15) is 37.7 Å². The topological polar surface area (TPSA) is 220 Å². The van der Waals surface area contributed by atoms with Gasteiger partial charge < -0.3 is 38.3 Å². The first kappa shape index (κ1) is 28.5. The molecule has 0 spiro atoms. The van der Waals surface area contributed by atoms with Crippen LogP contribution in [0.5, 0.6) is 0 Å². The van der Waals surface area contributed by atoms with E-state index in [1.165, 1.54) is 0 Å². The van der Waals surface area contributed by atoms with Crippen LogP contribution in [-0.2, 0) is 30.4 Å². The summed E-state index contributed by atoms with van der Waals surface area (Å²) in [4.78, 5) is 60.0. The molecule has 12 heteroatoms. The first-order chi connectivity index (χ1) is 16.1. The molecule has 1 rings (SSSR count). The molecule has 0 radical (unpaired) electrons. The Morgan fingerprint density at radius 2 is 1.50 bits per heavy atom. The van der Waals surface area contributed by atoms with Crippen LogP contribution in [0.15, 0.2) is 30.3 Å². The zero-order valence-corrected chi connectivity index (χ0v) is 19.0. The molecule has 0 heterocycles. The van der Waals surface area contributed by atoms with Gasteiger partial charge in [-0.15, -0.1) is 0 Å². The molecule has 0 aliphatic carbocycles. The van der Waals surface area contributed by atoms with Crippen molar-refractivity contribution in [3.05, 3.63) is 35.9 Å². The molecule has 0 saturated carbocycles. The number of benzene rings is 1. The quantitative estimate of drug-likeness (QED) is 0.133. The number of primary amides is 1. The Balaban J connectivity index is 2.88. The summed E-state index contributed by atoms with van der Waals surface area (Å²) in [6.45, 7) is -0.230. The van der Waals surface area contributed by atoms with Gasteiger partial charge in [0.25, 0.3) is 0 Å². The Hall–Kier alpha value is -3.51. The zero-order valence-electron chi connectivity index (χ0n) is 19.0. The Morgan fingerprint density at radius 1 is 0.882 bits per heavy atom. The van der Waals surface area contributed by atoms with Gasteiger partial charge >= 0.3 is 5.97 Å². The molecule has 10 N–H and O–H groups in total. The summed E-state index contributed by atoms with van der Waals surface area (Å²) in [5, 5.41) is 16.1. The van der Waals surface area contributed by atoms with Gasteiger partial charge in [-0.2, -0.15) is 0 Å². The predicted octanol–water partition coefficient (Wildman–Crippen LogP) is -1.88. The molecule has 12 nitrogen and oxygen atoms in total. The molecule has 34 heavy (non-hydrogen) atoms. The van der Waals surface area contributed by atoms with E-state index in [9.17, 15) is 24.0 Å². The molecule has 1 aromatic rings. The second-order valence-electron chi connectivity index (χ2n) is 7.82. The largest absolute Gasteiger partial charge is 0.480 e. The first-order valence-corrected chi connectivity index (χ1v) is 11.0. The van der Waals surface area contributed by atoms with Crippen molar-refractivity contribution in [1.29, 1.82) is 0 Å². The van der Waals surface area contributed by atoms with Crippen LogP contribution in [0.4, 0.5) is 0 Å². The molecule has 4 amide bonds. The van der Waals surface area contributed by atoms with Crippen molar-refractivity contribution in [2.75, 3.05) is 13.1 Å². The normalized spacial score (nSPS) is 13.2. The number of carbonyl (C=O) groups excluding carboxylic acids is 4. The van der Waals surface area contributed by atoms with E-state index in [2.05, 4.69) is 16.0 Å². The van der Waals surface area contributed by atoms with Gasteiger partial charge in [-0.1, -0.05) is 30.3 Å². The second-order valence-corrected chi connectivity index (χ2v) is 7.82. The Kier molecular flexibility index (Phi) is 12.9. The Morgan fingerprint density at radius 3 is 2.09 bits per heavy atom. The molecule has 0 aliphatic rings. The van der Waals surface area contributed by atoms with Crippen molar-refractivity contribution >= 4 is 29.6 Å². The summed E-state index contributed by atoms with van der Waals surface area (Å²) in [5.41, 5.74) is 17.5. The van der Waals surface area contributed by atoms with Crippen LogP contribution in [0.2, 0.25) is 0 Å². The number of carbonyl (C=O) groups is 5. The SMILES string of the molecule is NCCCCC(NC(=O)C(CCC(N)=O)NC(=O)C(N)Cc1ccccc1)C(=O)NCC(=O)O. The number of rotatable bonds is 16. The third-order valence-corrected chi connectivity index (χ3v) is 4.94. The fourth-order valence-electron chi connectivity index (χ4n) is 3.11. The Labute approximate surface area is 198 Å². The Bertz CT molecular complexity index is 834. The van der Waals surface area contributed by atoms with Crippen LogP contribution >= 0.6 is 0 Å². The van der Waals surface area contributed by atoms with E-state index in [1.54, 1.807) is 0 Å². The minimum Gasteiger partial charge on any atom is -0.480 e. The summed E-state index contributed by atoms with van der Waals surface area (Å²) in [6, 6.07) is 5.89. The number of unbranched alkanes of at least 4 members (excludes halogenated alkanes) is 1. The van der Waals surface area contributed by atoms with E-state index in [0.717, 1.165) is 5.56 Å². The van der Waals surface area contributed by atoms with Crippen LogP contribution in [-0.4, -0.2) is 65.9 Å². The first-order valence-electron chi connectivity index (χ1n) is 11.0. The van der Waals surface area contributed by atoms with Crippen LogP contribution in [0, 0.1) is 0 Å².